The molecule has 90 valence electrons. The summed E-state index contributed by atoms with van der Waals surface area (Å²) in [6, 6.07) is 7.02. The lowest BCUT2D eigenvalue weighted by Crippen LogP contribution is -2.09. The van der Waals surface area contributed by atoms with Crippen LogP contribution in [0.3, 0.4) is 0 Å². The van der Waals surface area contributed by atoms with Crippen LogP contribution in [-0.2, 0) is 16.3 Å². The van der Waals surface area contributed by atoms with Crippen molar-refractivity contribution in [2.24, 2.45) is 0 Å². The van der Waals surface area contributed by atoms with Crippen LogP contribution in [0.2, 0.25) is 0 Å². The van der Waals surface area contributed by atoms with Crippen LogP contribution in [0.1, 0.15) is 5.56 Å². The van der Waals surface area contributed by atoms with Gasteiger partial charge in [-0.25, -0.2) is 12.8 Å². The molecule has 0 unspecified atom stereocenters. The Bertz CT molecular complexity index is 589. The Labute approximate surface area is 104 Å². The van der Waals surface area contributed by atoms with E-state index < -0.39 is 15.7 Å². The minimum absolute atomic E-state index is 0.00713. The predicted molar refractivity (Wildman–Crippen MR) is 66.5 cm³/mol. The van der Waals surface area contributed by atoms with Crippen LogP contribution in [0.15, 0.2) is 46.0 Å². The average Bonchev–Trinajstić information content (AvgIpc) is 2.79. The quantitative estimate of drug-likeness (QED) is 0.856. The predicted octanol–water partition coefficient (Wildman–Crippen LogP) is 2.90. The van der Waals surface area contributed by atoms with Gasteiger partial charge in [0.25, 0.3) is 0 Å². The fourth-order valence-electron chi connectivity index (χ4n) is 1.47. The van der Waals surface area contributed by atoms with Crippen molar-refractivity contribution in [2.45, 2.75) is 11.3 Å². The third-order valence-electron chi connectivity index (χ3n) is 2.39. The fraction of sp³-hybridized carbons (Fsp3) is 0.167. The van der Waals surface area contributed by atoms with Crippen molar-refractivity contribution >= 4 is 21.2 Å². The maximum Gasteiger partial charge on any atom is 0.178 e. The SMILES string of the molecule is O=S(=O)(CCc1ccsc1)c1cccc(F)c1. The van der Waals surface area contributed by atoms with E-state index in [1.54, 1.807) is 0 Å². The van der Waals surface area contributed by atoms with Crippen molar-refractivity contribution in [1.82, 2.24) is 0 Å². The zero-order chi connectivity index (χ0) is 12.3. The molecule has 0 bridgehead atoms. The number of hydrogen-bond donors (Lipinski definition) is 0. The third kappa shape index (κ3) is 3.14. The van der Waals surface area contributed by atoms with Crippen molar-refractivity contribution in [2.75, 3.05) is 5.75 Å². The molecule has 0 aliphatic rings. The highest BCUT2D eigenvalue weighted by atomic mass is 32.2. The van der Waals surface area contributed by atoms with Crippen LogP contribution in [0.25, 0.3) is 0 Å². The lowest BCUT2D eigenvalue weighted by Gasteiger charge is -2.03. The molecule has 0 radical (unpaired) electrons. The summed E-state index contributed by atoms with van der Waals surface area (Å²) in [5.41, 5.74) is 0.995. The van der Waals surface area contributed by atoms with Gasteiger partial charge in [0.1, 0.15) is 5.82 Å². The van der Waals surface area contributed by atoms with Gasteiger partial charge in [-0.3, -0.25) is 0 Å². The van der Waals surface area contributed by atoms with Crippen LogP contribution >= 0.6 is 11.3 Å². The molecule has 1 aromatic heterocycles. The summed E-state index contributed by atoms with van der Waals surface area (Å²) in [6.45, 7) is 0. The van der Waals surface area contributed by atoms with E-state index in [4.69, 9.17) is 0 Å². The molecule has 0 fully saturated rings. The van der Waals surface area contributed by atoms with E-state index in [0.29, 0.717) is 6.42 Å². The van der Waals surface area contributed by atoms with Gasteiger partial charge >= 0.3 is 0 Å². The van der Waals surface area contributed by atoms with Crippen molar-refractivity contribution in [3.8, 4) is 0 Å². The average molecular weight is 270 g/mol. The number of hydrogen-bond acceptors (Lipinski definition) is 3. The number of rotatable bonds is 4. The van der Waals surface area contributed by atoms with E-state index in [9.17, 15) is 12.8 Å². The van der Waals surface area contributed by atoms with Gasteiger partial charge < -0.3 is 0 Å². The second kappa shape index (κ2) is 4.98. The number of halogens is 1. The molecule has 1 heterocycles. The van der Waals surface area contributed by atoms with E-state index in [2.05, 4.69) is 0 Å². The molecule has 1 aromatic carbocycles. The molecule has 0 amide bonds. The van der Waals surface area contributed by atoms with E-state index in [1.807, 2.05) is 16.8 Å². The molecule has 0 aliphatic heterocycles. The molecular weight excluding hydrogens is 259 g/mol. The monoisotopic (exact) mass is 270 g/mol. The standard InChI is InChI=1S/C12H11FO2S2/c13-11-2-1-3-12(8-11)17(14,15)7-5-10-4-6-16-9-10/h1-4,6,8-9H,5,7H2. The third-order valence-corrected chi connectivity index (χ3v) is 4.84. The van der Waals surface area contributed by atoms with Crippen LogP contribution < -0.4 is 0 Å². The van der Waals surface area contributed by atoms with E-state index in [-0.39, 0.29) is 10.6 Å². The Morgan fingerprint density at radius 2 is 2.06 bits per heavy atom. The number of benzene rings is 1. The normalized spacial score (nSPS) is 11.6. The fourth-order valence-corrected chi connectivity index (χ4v) is 3.49. The van der Waals surface area contributed by atoms with E-state index in [1.165, 1.54) is 29.5 Å². The lowest BCUT2D eigenvalue weighted by molar-refractivity contribution is 0.590. The van der Waals surface area contributed by atoms with Gasteiger partial charge in [0, 0.05) is 0 Å². The molecule has 0 atom stereocenters. The Morgan fingerprint density at radius 1 is 1.24 bits per heavy atom. The minimum Gasteiger partial charge on any atom is -0.224 e. The molecule has 17 heavy (non-hydrogen) atoms. The van der Waals surface area contributed by atoms with Gasteiger partial charge in [0.05, 0.1) is 10.6 Å². The lowest BCUT2D eigenvalue weighted by atomic mass is 10.3. The summed E-state index contributed by atoms with van der Waals surface area (Å²) >= 11 is 1.53. The topological polar surface area (TPSA) is 34.1 Å². The first-order valence-electron chi connectivity index (χ1n) is 5.07. The first-order valence-corrected chi connectivity index (χ1v) is 7.67. The Balaban J connectivity index is 2.14. The van der Waals surface area contributed by atoms with Crippen molar-refractivity contribution in [3.63, 3.8) is 0 Å². The summed E-state index contributed by atoms with van der Waals surface area (Å²) < 4.78 is 36.8. The second-order valence-electron chi connectivity index (χ2n) is 3.66. The van der Waals surface area contributed by atoms with Gasteiger partial charge in [-0.2, -0.15) is 11.3 Å². The Hall–Kier alpha value is -1.20. The first-order chi connectivity index (χ1) is 8.08. The molecule has 2 nitrogen and oxygen atoms in total. The number of sulfone groups is 1. The summed E-state index contributed by atoms with van der Waals surface area (Å²) in [4.78, 5) is 0.0488. The first kappa shape index (κ1) is 12.3. The van der Waals surface area contributed by atoms with Crippen LogP contribution in [0.4, 0.5) is 4.39 Å². The zero-order valence-electron chi connectivity index (χ0n) is 8.97. The van der Waals surface area contributed by atoms with Crippen molar-refractivity contribution in [3.05, 3.63) is 52.5 Å². The van der Waals surface area contributed by atoms with E-state index >= 15 is 0 Å². The Morgan fingerprint density at radius 3 is 2.71 bits per heavy atom. The smallest absolute Gasteiger partial charge is 0.178 e. The second-order valence-corrected chi connectivity index (χ2v) is 6.55. The summed E-state index contributed by atoms with van der Waals surface area (Å²) in [6.07, 6.45) is 0.461. The van der Waals surface area contributed by atoms with Gasteiger partial charge in [-0.1, -0.05) is 6.07 Å². The van der Waals surface area contributed by atoms with E-state index in [0.717, 1.165) is 11.6 Å². The number of aryl methyl sites for hydroxylation is 1. The molecule has 0 aliphatic carbocycles. The summed E-state index contributed by atoms with van der Waals surface area (Å²) in [5.74, 6) is -0.519. The molecule has 5 heteroatoms. The maximum absolute atomic E-state index is 12.9. The van der Waals surface area contributed by atoms with Crippen LogP contribution in [0.5, 0.6) is 0 Å². The highest BCUT2D eigenvalue weighted by Gasteiger charge is 2.14. The molecule has 0 saturated carbocycles. The van der Waals surface area contributed by atoms with Gasteiger partial charge in [0.2, 0.25) is 0 Å². The van der Waals surface area contributed by atoms with Crippen LogP contribution in [0, 0.1) is 5.82 Å². The van der Waals surface area contributed by atoms with Gasteiger partial charge in [-0.15, -0.1) is 0 Å². The zero-order valence-corrected chi connectivity index (χ0v) is 10.6. The van der Waals surface area contributed by atoms with Crippen LogP contribution in [-0.4, -0.2) is 14.2 Å². The highest BCUT2D eigenvalue weighted by Crippen LogP contribution is 2.15. The maximum atomic E-state index is 12.9. The molecule has 0 N–H and O–H groups in total. The Kier molecular flexibility index (Phi) is 3.59. The molecule has 2 rings (SSSR count). The molecular formula is C12H11FO2S2. The largest absolute Gasteiger partial charge is 0.224 e. The summed E-state index contributed by atoms with van der Waals surface area (Å²) in [7, 11) is -3.39. The molecule has 0 spiro atoms. The van der Waals surface area contributed by atoms with Gasteiger partial charge in [-0.05, 0) is 47.0 Å². The molecule has 2 aromatic rings. The number of thiophene rings is 1. The van der Waals surface area contributed by atoms with Gasteiger partial charge in [0.15, 0.2) is 9.84 Å². The van der Waals surface area contributed by atoms with Crippen molar-refractivity contribution < 1.29 is 12.8 Å². The summed E-state index contributed by atoms with van der Waals surface area (Å²) in [5, 5.41) is 3.82. The highest BCUT2D eigenvalue weighted by molar-refractivity contribution is 7.91. The minimum atomic E-state index is -3.39. The molecule has 0 saturated heterocycles. The van der Waals surface area contributed by atoms with Crippen molar-refractivity contribution in [1.29, 1.82) is 0 Å².